The van der Waals surface area contributed by atoms with Gasteiger partial charge in [0, 0.05) is 37.6 Å². The van der Waals surface area contributed by atoms with Gasteiger partial charge < -0.3 is 16.1 Å². The molecular weight excluding hydrogens is 785 g/mol. The fourth-order valence-electron chi connectivity index (χ4n) is 5.44. The van der Waals surface area contributed by atoms with Crippen molar-refractivity contribution in [3.8, 4) is 22.5 Å². The van der Waals surface area contributed by atoms with Gasteiger partial charge in [0.15, 0.2) is 8.42 Å². The van der Waals surface area contributed by atoms with Gasteiger partial charge in [0.1, 0.15) is 21.9 Å². The summed E-state index contributed by atoms with van der Waals surface area (Å²) < 4.78 is 46.8. The molecule has 19 heteroatoms. The van der Waals surface area contributed by atoms with Gasteiger partial charge in [-0.05, 0) is 49.2 Å². The number of aryl methyl sites for hydroxylation is 2. The van der Waals surface area contributed by atoms with Gasteiger partial charge in [0.05, 0.1) is 22.8 Å². The molecule has 288 valence electrons. The number of hydrogen-bond acceptors (Lipinski definition) is 12. The van der Waals surface area contributed by atoms with Gasteiger partial charge in [-0.3, -0.25) is 19.6 Å². The van der Waals surface area contributed by atoms with Crippen LogP contribution in [0.4, 0.5) is 0 Å². The molecule has 2 aromatic carbocycles. The van der Waals surface area contributed by atoms with Crippen molar-refractivity contribution in [2.45, 2.75) is 34.1 Å². The molecule has 0 aliphatic heterocycles. The van der Waals surface area contributed by atoms with E-state index in [1.807, 2.05) is 84.9 Å². The highest BCUT2D eigenvalue weighted by molar-refractivity contribution is 7.91. The van der Waals surface area contributed by atoms with Crippen LogP contribution in [-0.4, -0.2) is 68.2 Å². The normalized spacial score (nSPS) is 12.3. The van der Waals surface area contributed by atoms with Crippen molar-refractivity contribution in [3.63, 3.8) is 0 Å². The number of primary sulfonamides is 2. The number of carbonyl (C=O) groups is 2. The first kappa shape index (κ1) is 42.5. The average Bonchev–Trinajstić information content (AvgIpc) is 3.75. The molecular formula is C36H38N8O7S4. The van der Waals surface area contributed by atoms with Crippen molar-refractivity contribution < 1.29 is 31.9 Å². The maximum Gasteiger partial charge on any atom is 0.249 e. The molecule has 15 nitrogen and oxygen atoms in total. The first-order chi connectivity index (χ1) is 25.6. The first-order valence-corrected chi connectivity index (χ1v) is 20.8. The summed E-state index contributed by atoms with van der Waals surface area (Å²) in [6.45, 7) is 3.12. The smallest absolute Gasteiger partial charge is 0.249 e. The van der Waals surface area contributed by atoms with Gasteiger partial charge in [-0.15, -0.1) is 22.7 Å². The van der Waals surface area contributed by atoms with Gasteiger partial charge in [-0.1, -0.05) is 60.7 Å². The quantitative estimate of drug-likeness (QED) is 0.157. The highest BCUT2D eigenvalue weighted by Gasteiger charge is 2.30. The number of nitrogens with zero attached hydrogens (tertiary/aromatic N) is 4. The molecule has 4 heterocycles. The molecule has 2 amide bonds. The van der Waals surface area contributed by atoms with E-state index in [-0.39, 0.29) is 37.1 Å². The van der Waals surface area contributed by atoms with Crippen LogP contribution in [0.3, 0.4) is 0 Å². The standard InChI is InChI=1S/2C18H18N4O3S2.H2O/c2*1-11-18(27(19,24)25)26-17(22-11)15(16(23)20-2)13-8-6-12(7-9-13)14-5-3-4-10-21-14;/h2*3-10,15H,1-2H3,(H,20,23)(H2,19,24,25);1H2. The fraction of sp³-hybridized carbons (Fsp3) is 0.167. The molecule has 6 aromatic rings. The zero-order valence-corrected chi connectivity index (χ0v) is 33.2. The number of nitrogens with two attached hydrogens (primary N) is 2. The van der Waals surface area contributed by atoms with E-state index in [0.29, 0.717) is 21.1 Å². The Bertz CT molecular complexity index is 2300. The Morgan fingerprint density at radius 3 is 1.20 bits per heavy atom. The second-order valence-electron chi connectivity index (χ2n) is 11.7. The lowest BCUT2D eigenvalue weighted by atomic mass is 9.97. The first-order valence-electron chi connectivity index (χ1n) is 16.1. The second-order valence-corrected chi connectivity index (χ2v) is 17.3. The Kier molecular flexibility index (Phi) is 13.8. The van der Waals surface area contributed by atoms with E-state index in [2.05, 4.69) is 30.6 Å². The average molecular weight is 823 g/mol. The minimum Gasteiger partial charge on any atom is -0.412 e. The summed E-state index contributed by atoms with van der Waals surface area (Å²) in [7, 11) is -4.72. The Labute approximate surface area is 326 Å². The molecule has 0 aliphatic carbocycles. The molecule has 0 aliphatic rings. The largest absolute Gasteiger partial charge is 0.412 e. The molecule has 2 unspecified atom stereocenters. The number of pyridine rings is 2. The molecule has 2 atom stereocenters. The van der Waals surface area contributed by atoms with Crippen LogP contribution < -0.4 is 20.9 Å². The third-order valence-corrected chi connectivity index (χ3v) is 13.5. The van der Waals surface area contributed by atoms with Gasteiger partial charge in [-0.25, -0.2) is 37.1 Å². The summed E-state index contributed by atoms with van der Waals surface area (Å²) in [6, 6.07) is 26.0. The molecule has 0 saturated carbocycles. The van der Waals surface area contributed by atoms with Crippen LogP contribution in [0, 0.1) is 13.8 Å². The van der Waals surface area contributed by atoms with E-state index in [4.69, 9.17) is 10.3 Å². The highest BCUT2D eigenvalue weighted by atomic mass is 32.3. The third-order valence-electron chi connectivity index (χ3n) is 7.98. The molecule has 0 fully saturated rings. The third kappa shape index (κ3) is 10.1. The SMILES string of the molecule is CNC(=O)C(c1ccc(-c2ccccn2)cc1)c1nc(C)c(S(N)(=O)=O)s1.CNC(=O)C(c1ccc(-c2ccccn2)cc1)c1nc(C)c(S(N)(=O)=O)s1.O. The number of hydrogen-bond donors (Lipinski definition) is 4. The van der Waals surface area contributed by atoms with Crippen molar-refractivity contribution in [3.05, 3.63) is 130 Å². The number of sulfonamides is 2. The van der Waals surface area contributed by atoms with Crippen LogP contribution in [0.2, 0.25) is 0 Å². The molecule has 8 N–H and O–H groups in total. The monoisotopic (exact) mass is 822 g/mol. The Morgan fingerprint density at radius 2 is 0.945 bits per heavy atom. The minimum atomic E-state index is -3.89. The van der Waals surface area contributed by atoms with E-state index in [9.17, 15) is 26.4 Å². The second kappa shape index (κ2) is 17.9. The van der Waals surface area contributed by atoms with Crippen LogP contribution in [0.1, 0.15) is 44.4 Å². The van der Waals surface area contributed by atoms with Crippen LogP contribution in [0.25, 0.3) is 22.5 Å². The fourth-order valence-corrected chi connectivity index (χ4v) is 9.65. The van der Waals surface area contributed by atoms with E-state index in [0.717, 1.165) is 45.2 Å². The van der Waals surface area contributed by atoms with Gasteiger partial charge in [0.25, 0.3) is 0 Å². The van der Waals surface area contributed by atoms with Gasteiger partial charge >= 0.3 is 0 Å². The van der Waals surface area contributed by atoms with E-state index < -0.39 is 31.9 Å². The number of aromatic nitrogens is 4. The lowest BCUT2D eigenvalue weighted by molar-refractivity contribution is -0.122. The van der Waals surface area contributed by atoms with Crippen LogP contribution >= 0.6 is 22.7 Å². The molecule has 0 spiro atoms. The Hall–Kier alpha value is -5.28. The van der Waals surface area contributed by atoms with E-state index in [1.165, 1.54) is 14.1 Å². The zero-order valence-electron chi connectivity index (χ0n) is 29.9. The van der Waals surface area contributed by atoms with Gasteiger partial charge in [0.2, 0.25) is 31.9 Å². The lowest BCUT2D eigenvalue weighted by Gasteiger charge is -2.14. The summed E-state index contributed by atoms with van der Waals surface area (Å²) in [5, 5.41) is 16.4. The number of likely N-dealkylation sites (N-methyl/N-ethyl adjacent to an activating group) is 2. The molecule has 55 heavy (non-hydrogen) atoms. The molecule has 0 saturated heterocycles. The number of carbonyl (C=O) groups excluding carboxylic acids is 2. The Morgan fingerprint density at radius 1 is 0.600 bits per heavy atom. The molecule has 0 radical (unpaired) electrons. The minimum absolute atomic E-state index is 0. The molecule has 4 aromatic heterocycles. The Balaban J connectivity index is 0.000000240. The van der Waals surface area contributed by atoms with Crippen molar-refractivity contribution in [1.29, 1.82) is 0 Å². The zero-order chi connectivity index (χ0) is 39.2. The summed E-state index contributed by atoms with van der Waals surface area (Å²) in [6.07, 6.45) is 3.42. The van der Waals surface area contributed by atoms with Gasteiger partial charge in [-0.2, -0.15) is 0 Å². The number of nitrogens with one attached hydrogen (secondary N) is 2. The number of amides is 2. The number of benzene rings is 2. The molecule has 0 bridgehead atoms. The highest BCUT2D eigenvalue weighted by Crippen LogP contribution is 2.35. The maximum atomic E-state index is 12.5. The summed E-state index contributed by atoms with van der Waals surface area (Å²) >= 11 is 1.83. The predicted molar refractivity (Wildman–Crippen MR) is 211 cm³/mol. The predicted octanol–water partition coefficient (Wildman–Crippen LogP) is 3.25. The maximum absolute atomic E-state index is 12.5. The van der Waals surface area contributed by atoms with Crippen molar-refractivity contribution in [2.24, 2.45) is 10.3 Å². The van der Waals surface area contributed by atoms with Crippen molar-refractivity contribution in [1.82, 2.24) is 30.6 Å². The lowest BCUT2D eigenvalue weighted by Crippen LogP contribution is -2.26. The van der Waals surface area contributed by atoms with Crippen LogP contribution in [0.15, 0.2) is 106 Å². The van der Waals surface area contributed by atoms with Crippen LogP contribution in [-0.2, 0) is 29.6 Å². The van der Waals surface area contributed by atoms with Crippen LogP contribution in [0.5, 0.6) is 0 Å². The topological polar surface area (TPSA) is 262 Å². The summed E-state index contributed by atoms with van der Waals surface area (Å²) in [5.41, 5.74) is 5.44. The number of rotatable bonds is 10. The van der Waals surface area contributed by atoms with Crippen molar-refractivity contribution in [2.75, 3.05) is 14.1 Å². The molecule has 6 rings (SSSR count). The van der Waals surface area contributed by atoms with E-state index >= 15 is 0 Å². The van der Waals surface area contributed by atoms with Crippen molar-refractivity contribution >= 4 is 54.5 Å². The number of thiazole rings is 2. The van der Waals surface area contributed by atoms with E-state index in [1.54, 1.807) is 26.2 Å². The summed E-state index contributed by atoms with van der Waals surface area (Å²) in [4.78, 5) is 42.2. The summed E-state index contributed by atoms with van der Waals surface area (Å²) in [5.74, 6) is -2.02.